The number of nitrogens with one attached hydrogen (secondary N) is 1. The monoisotopic (exact) mass is 354 g/mol. The number of anilines is 2. The van der Waals surface area contributed by atoms with Gasteiger partial charge in [-0.15, -0.1) is 0 Å². The van der Waals surface area contributed by atoms with Gasteiger partial charge >= 0.3 is 0 Å². The first-order valence-corrected chi connectivity index (χ1v) is 9.17. The normalized spacial score (nSPS) is 14.9. The topological polar surface area (TPSA) is 57.7 Å². The number of likely N-dealkylation sites (N-methyl/N-ethyl adjacent to an activating group) is 1. The minimum Gasteiger partial charge on any atom is -0.492 e. The number of pyridine rings is 1. The van der Waals surface area contributed by atoms with E-state index in [0.717, 1.165) is 38.4 Å². The Morgan fingerprint density at radius 2 is 1.92 bits per heavy atom. The molecule has 26 heavy (non-hydrogen) atoms. The fraction of sp³-hybridized carbons (Fsp3) is 0.400. The van der Waals surface area contributed by atoms with Gasteiger partial charge < -0.3 is 19.9 Å². The highest BCUT2D eigenvalue weighted by Crippen LogP contribution is 2.24. The maximum absolute atomic E-state index is 12.6. The van der Waals surface area contributed by atoms with E-state index in [1.54, 1.807) is 6.20 Å². The molecule has 138 valence electrons. The van der Waals surface area contributed by atoms with Crippen LogP contribution in [-0.2, 0) is 0 Å². The van der Waals surface area contributed by atoms with E-state index in [2.05, 4.69) is 27.0 Å². The lowest BCUT2D eigenvalue weighted by Crippen LogP contribution is -2.46. The number of amides is 1. The quantitative estimate of drug-likeness (QED) is 0.864. The summed E-state index contributed by atoms with van der Waals surface area (Å²) in [5, 5.41) is 2.90. The molecule has 0 spiro atoms. The van der Waals surface area contributed by atoms with Crippen LogP contribution in [0.5, 0.6) is 5.75 Å². The third-order valence-electron chi connectivity index (χ3n) is 4.60. The van der Waals surface area contributed by atoms with Crippen molar-refractivity contribution < 1.29 is 9.53 Å². The van der Waals surface area contributed by atoms with Crippen molar-refractivity contribution in [3.8, 4) is 5.75 Å². The van der Waals surface area contributed by atoms with Crippen LogP contribution < -0.4 is 15.0 Å². The molecule has 2 aromatic rings. The first-order valence-electron chi connectivity index (χ1n) is 9.17. The van der Waals surface area contributed by atoms with E-state index in [9.17, 15) is 4.79 Å². The number of para-hydroxylation sites is 2. The summed E-state index contributed by atoms with van der Waals surface area (Å²) in [4.78, 5) is 21.6. The van der Waals surface area contributed by atoms with Gasteiger partial charge in [-0.1, -0.05) is 19.1 Å². The molecular weight excluding hydrogens is 328 g/mol. The number of piperazine rings is 1. The number of aromatic nitrogens is 1. The van der Waals surface area contributed by atoms with Gasteiger partial charge in [-0.05, 0) is 37.7 Å². The van der Waals surface area contributed by atoms with Crippen LogP contribution in [0.1, 0.15) is 24.3 Å². The highest BCUT2D eigenvalue weighted by molar-refractivity contribution is 6.04. The Morgan fingerprint density at radius 3 is 2.65 bits per heavy atom. The molecule has 2 heterocycles. The van der Waals surface area contributed by atoms with E-state index in [-0.39, 0.29) is 5.91 Å². The summed E-state index contributed by atoms with van der Waals surface area (Å²) in [6.45, 7) is 9.75. The number of rotatable bonds is 6. The predicted molar refractivity (Wildman–Crippen MR) is 104 cm³/mol. The van der Waals surface area contributed by atoms with E-state index < -0.39 is 0 Å². The second-order valence-electron chi connectivity index (χ2n) is 6.20. The molecule has 6 nitrogen and oxygen atoms in total. The standard InChI is InChI=1S/C20H26N4O2/c1-3-23-11-13-24(14-12-23)16-9-10-21-18(15-16)20(25)22-17-7-5-6-8-19(17)26-4-2/h5-10,15H,3-4,11-14H2,1-2H3,(H,22,25). The van der Waals surface area contributed by atoms with Gasteiger partial charge in [0.2, 0.25) is 0 Å². The molecule has 1 amide bonds. The summed E-state index contributed by atoms with van der Waals surface area (Å²) in [5.74, 6) is 0.432. The van der Waals surface area contributed by atoms with E-state index in [1.807, 2.05) is 43.3 Å². The van der Waals surface area contributed by atoms with Gasteiger partial charge in [0.25, 0.3) is 5.91 Å². The fourth-order valence-corrected chi connectivity index (χ4v) is 3.10. The lowest BCUT2D eigenvalue weighted by atomic mass is 10.2. The Labute approximate surface area is 154 Å². The Hall–Kier alpha value is -2.60. The van der Waals surface area contributed by atoms with Gasteiger partial charge in [-0.25, -0.2) is 0 Å². The van der Waals surface area contributed by atoms with Crippen molar-refractivity contribution in [2.75, 3.05) is 49.5 Å². The number of nitrogens with zero attached hydrogens (tertiary/aromatic N) is 3. The van der Waals surface area contributed by atoms with E-state index in [1.165, 1.54) is 0 Å². The molecule has 1 aromatic carbocycles. The number of benzene rings is 1. The second-order valence-corrected chi connectivity index (χ2v) is 6.20. The van der Waals surface area contributed by atoms with Crippen molar-refractivity contribution >= 4 is 17.3 Å². The highest BCUT2D eigenvalue weighted by Gasteiger charge is 2.18. The lowest BCUT2D eigenvalue weighted by Gasteiger charge is -2.35. The smallest absolute Gasteiger partial charge is 0.274 e. The Bertz CT molecular complexity index is 742. The maximum atomic E-state index is 12.6. The van der Waals surface area contributed by atoms with Crippen LogP contribution in [-0.4, -0.2) is 55.1 Å². The molecule has 0 bridgehead atoms. The van der Waals surface area contributed by atoms with Crippen LogP contribution >= 0.6 is 0 Å². The molecule has 1 fully saturated rings. The van der Waals surface area contributed by atoms with Crippen molar-refractivity contribution in [3.05, 3.63) is 48.3 Å². The van der Waals surface area contributed by atoms with E-state index >= 15 is 0 Å². The number of hydrogen-bond acceptors (Lipinski definition) is 5. The van der Waals surface area contributed by atoms with E-state index in [4.69, 9.17) is 4.74 Å². The minimum atomic E-state index is -0.230. The van der Waals surface area contributed by atoms with E-state index in [0.29, 0.717) is 23.7 Å². The van der Waals surface area contributed by atoms with Gasteiger partial charge in [0, 0.05) is 38.1 Å². The molecule has 1 aliphatic heterocycles. The molecule has 0 atom stereocenters. The van der Waals surface area contributed by atoms with Crippen LogP contribution in [0.15, 0.2) is 42.6 Å². The third kappa shape index (κ3) is 4.32. The SMILES string of the molecule is CCOc1ccccc1NC(=O)c1cc(N2CCN(CC)CC2)ccn1. The summed E-state index contributed by atoms with van der Waals surface area (Å²) in [7, 11) is 0. The Morgan fingerprint density at radius 1 is 1.15 bits per heavy atom. The van der Waals surface area contributed by atoms with Crippen molar-refractivity contribution in [1.29, 1.82) is 0 Å². The molecule has 1 aromatic heterocycles. The van der Waals surface area contributed by atoms with Crippen molar-refractivity contribution in [3.63, 3.8) is 0 Å². The summed E-state index contributed by atoms with van der Waals surface area (Å²) >= 11 is 0. The number of hydrogen-bond donors (Lipinski definition) is 1. The largest absolute Gasteiger partial charge is 0.492 e. The average Bonchev–Trinajstić information content (AvgIpc) is 2.70. The van der Waals surface area contributed by atoms with Gasteiger partial charge in [0.1, 0.15) is 11.4 Å². The van der Waals surface area contributed by atoms with Crippen LogP contribution in [0.3, 0.4) is 0 Å². The molecule has 0 aliphatic carbocycles. The molecule has 0 radical (unpaired) electrons. The van der Waals surface area contributed by atoms with Gasteiger partial charge in [-0.3, -0.25) is 9.78 Å². The molecule has 3 rings (SSSR count). The molecule has 1 aliphatic rings. The minimum absolute atomic E-state index is 0.230. The van der Waals surface area contributed by atoms with Crippen LogP contribution in [0.25, 0.3) is 0 Å². The predicted octanol–water partition coefficient (Wildman–Crippen LogP) is 2.87. The van der Waals surface area contributed by atoms with Crippen LogP contribution in [0, 0.1) is 0 Å². The number of ether oxygens (including phenoxy) is 1. The second kappa shape index (κ2) is 8.67. The Kier molecular flexibility index (Phi) is 6.07. The molecule has 6 heteroatoms. The maximum Gasteiger partial charge on any atom is 0.274 e. The van der Waals surface area contributed by atoms with Crippen molar-refractivity contribution in [1.82, 2.24) is 9.88 Å². The number of carbonyl (C=O) groups excluding carboxylic acids is 1. The Balaban J connectivity index is 1.71. The zero-order valence-corrected chi connectivity index (χ0v) is 15.4. The molecule has 0 saturated carbocycles. The lowest BCUT2D eigenvalue weighted by molar-refractivity contribution is 0.102. The average molecular weight is 354 g/mol. The highest BCUT2D eigenvalue weighted by atomic mass is 16.5. The summed E-state index contributed by atoms with van der Waals surface area (Å²) in [6.07, 6.45) is 1.70. The molecule has 1 saturated heterocycles. The van der Waals surface area contributed by atoms with Gasteiger partial charge in [0.15, 0.2) is 0 Å². The van der Waals surface area contributed by atoms with Crippen molar-refractivity contribution in [2.45, 2.75) is 13.8 Å². The zero-order valence-electron chi connectivity index (χ0n) is 15.4. The zero-order chi connectivity index (χ0) is 18.4. The van der Waals surface area contributed by atoms with Crippen LogP contribution in [0.4, 0.5) is 11.4 Å². The summed E-state index contributed by atoms with van der Waals surface area (Å²) in [5.41, 5.74) is 2.11. The molecule has 1 N–H and O–H groups in total. The third-order valence-corrected chi connectivity index (χ3v) is 4.60. The van der Waals surface area contributed by atoms with Crippen molar-refractivity contribution in [2.24, 2.45) is 0 Å². The first kappa shape index (κ1) is 18.2. The summed E-state index contributed by atoms with van der Waals surface area (Å²) in [6, 6.07) is 11.3. The summed E-state index contributed by atoms with van der Waals surface area (Å²) < 4.78 is 5.57. The van der Waals surface area contributed by atoms with Gasteiger partial charge in [-0.2, -0.15) is 0 Å². The number of carbonyl (C=O) groups is 1. The molecule has 0 unspecified atom stereocenters. The first-order chi connectivity index (χ1) is 12.7. The molecular formula is C20H26N4O2. The van der Waals surface area contributed by atoms with Crippen LogP contribution in [0.2, 0.25) is 0 Å². The van der Waals surface area contributed by atoms with Gasteiger partial charge in [0.05, 0.1) is 12.3 Å². The fourth-order valence-electron chi connectivity index (χ4n) is 3.10.